The Morgan fingerprint density at radius 2 is 1.85 bits per heavy atom. The number of carboxylic acids is 1. The molecule has 0 bridgehead atoms. The summed E-state index contributed by atoms with van der Waals surface area (Å²) < 4.78 is 10.3. The van der Waals surface area contributed by atoms with Gasteiger partial charge in [0.25, 0.3) is 0 Å². The molecule has 0 fully saturated rings. The largest absolute Gasteiger partial charge is 0.476 e. The highest BCUT2D eigenvalue weighted by atomic mass is 31.2. The molecule has 0 heterocycles. The first-order valence-corrected chi connectivity index (χ1v) is 4.87. The number of hydrogen-bond donors (Lipinski definition) is 3. The Bertz CT molecular complexity index is 286. The molecule has 0 aromatic carbocycles. The first-order chi connectivity index (χ1) is 5.74. The van der Waals surface area contributed by atoms with Gasteiger partial charge in [-0.25, -0.2) is 4.79 Å². The van der Waals surface area contributed by atoms with Crippen molar-refractivity contribution in [1.82, 2.24) is 0 Å². The number of ketones is 1. The van der Waals surface area contributed by atoms with Crippen LogP contribution < -0.4 is 0 Å². The maximum absolute atomic E-state index is 10.5. The second-order valence-electron chi connectivity index (χ2n) is 2.17. The van der Waals surface area contributed by atoms with Crippen molar-refractivity contribution in [1.29, 1.82) is 0 Å². The van der Waals surface area contributed by atoms with Crippen molar-refractivity contribution in [3.8, 4) is 0 Å². The maximum Gasteiger partial charge on any atom is 0.357 e. The fourth-order valence-electron chi connectivity index (χ4n) is 0.492. The van der Waals surface area contributed by atoms with Crippen molar-refractivity contribution in [3.63, 3.8) is 0 Å². The summed E-state index contributed by atoms with van der Waals surface area (Å²) in [7, 11) is -4.40. The third kappa shape index (κ3) is 5.24. The van der Waals surface area contributed by atoms with Crippen LogP contribution in [-0.2, 0) is 14.2 Å². The first-order valence-electron chi connectivity index (χ1n) is 3.07. The van der Waals surface area contributed by atoms with E-state index in [0.717, 1.165) is 6.92 Å². The van der Waals surface area contributed by atoms with Gasteiger partial charge in [0.1, 0.15) is 6.29 Å². The fourth-order valence-corrected chi connectivity index (χ4v) is 0.818. The van der Waals surface area contributed by atoms with Crippen molar-refractivity contribution in [3.05, 3.63) is 0 Å². The summed E-state index contributed by atoms with van der Waals surface area (Å²) in [5, 5.41) is 8.34. The predicted molar refractivity (Wildman–Crippen MR) is 42.7 cm³/mol. The zero-order valence-corrected chi connectivity index (χ0v) is 7.56. The molecule has 0 atom stereocenters. The number of aliphatic carboxylic acids is 1. The minimum Gasteiger partial charge on any atom is -0.476 e. The predicted octanol–water partition coefficient (Wildman–Crippen LogP) is -0.764. The maximum atomic E-state index is 10.5. The van der Waals surface area contributed by atoms with Crippen LogP contribution in [0.5, 0.6) is 0 Å². The van der Waals surface area contributed by atoms with E-state index in [0.29, 0.717) is 0 Å². The van der Waals surface area contributed by atoms with Crippen molar-refractivity contribution in [2.45, 2.75) is 6.92 Å². The third-order valence-corrected chi connectivity index (χ3v) is 1.46. The molecule has 13 heavy (non-hydrogen) atoms. The Kier molecular flexibility index (Phi) is 3.93. The van der Waals surface area contributed by atoms with Gasteiger partial charge in [-0.15, -0.1) is 0 Å². The molecular formula is C5H8NO6P. The second kappa shape index (κ2) is 4.27. The lowest BCUT2D eigenvalue weighted by Gasteiger charge is -1.99. The Morgan fingerprint density at radius 1 is 1.38 bits per heavy atom. The van der Waals surface area contributed by atoms with E-state index in [1.807, 2.05) is 0 Å². The van der Waals surface area contributed by atoms with Crippen molar-refractivity contribution in [2.75, 3.05) is 6.29 Å². The number of nitrogens with zero attached hydrogens (tertiary/aromatic N) is 1. The second-order valence-corrected chi connectivity index (χ2v) is 3.79. The van der Waals surface area contributed by atoms with Crippen LogP contribution in [0.4, 0.5) is 0 Å². The monoisotopic (exact) mass is 209 g/mol. The van der Waals surface area contributed by atoms with Crippen LogP contribution in [0.2, 0.25) is 0 Å². The van der Waals surface area contributed by atoms with Gasteiger partial charge in [0.05, 0.1) is 0 Å². The minimum absolute atomic E-state index is 0.846. The topological polar surface area (TPSA) is 124 Å². The highest BCUT2D eigenvalue weighted by molar-refractivity contribution is 7.51. The van der Waals surface area contributed by atoms with Gasteiger partial charge in [0.2, 0.25) is 0 Å². The highest BCUT2D eigenvalue weighted by Gasteiger charge is 2.18. The molecule has 8 heteroatoms. The van der Waals surface area contributed by atoms with Crippen LogP contribution in [0.3, 0.4) is 0 Å². The number of rotatable bonds is 4. The molecule has 0 amide bonds. The summed E-state index contributed by atoms with van der Waals surface area (Å²) in [5.74, 6) is -2.44. The minimum atomic E-state index is -4.40. The standard InChI is InChI=1S/C5H8NO6P/c1-3(7)4(5(8)9)6-2-13(10,11)12/h2H2,1H3,(H,8,9)(H2,10,11,12)/b6-4-. The zero-order chi connectivity index (χ0) is 10.6. The molecule has 0 aromatic rings. The van der Waals surface area contributed by atoms with Gasteiger partial charge >= 0.3 is 13.6 Å². The van der Waals surface area contributed by atoms with Gasteiger partial charge in [0.15, 0.2) is 11.5 Å². The first kappa shape index (κ1) is 12.0. The van der Waals surface area contributed by atoms with Crippen LogP contribution in [-0.4, -0.2) is 38.6 Å². The van der Waals surface area contributed by atoms with Crippen LogP contribution in [0.1, 0.15) is 6.92 Å². The molecule has 0 aromatic heterocycles. The van der Waals surface area contributed by atoms with Gasteiger partial charge in [0, 0.05) is 6.92 Å². The molecule has 0 spiro atoms. The van der Waals surface area contributed by atoms with E-state index in [2.05, 4.69) is 4.99 Å². The molecule has 0 aliphatic heterocycles. The molecule has 0 unspecified atom stereocenters. The molecule has 74 valence electrons. The van der Waals surface area contributed by atoms with E-state index < -0.39 is 31.3 Å². The average Bonchev–Trinajstić information content (AvgIpc) is 1.82. The van der Waals surface area contributed by atoms with Crippen molar-refractivity contribution >= 4 is 25.1 Å². The molecule has 0 aliphatic carbocycles. The van der Waals surface area contributed by atoms with E-state index >= 15 is 0 Å². The van der Waals surface area contributed by atoms with E-state index in [1.54, 1.807) is 0 Å². The number of carboxylic acid groups (broad SMARTS) is 1. The van der Waals surface area contributed by atoms with E-state index in [4.69, 9.17) is 14.9 Å². The average molecular weight is 209 g/mol. The van der Waals surface area contributed by atoms with Crippen molar-refractivity contribution < 1.29 is 29.0 Å². The normalized spacial score (nSPS) is 12.7. The van der Waals surface area contributed by atoms with Gasteiger partial charge < -0.3 is 14.9 Å². The third-order valence-electron chi connectivity index (χ3n) is 0.949. The number of Topliss-reactive ketones (excluding diaryl/α,β-unsaturated/α-hetero) is 1. The number of aliphatic imine (C=N–C) groups is 1. The van der Waals surface area contributed by atoms with Crippen LogP contribution in [0, 0.1) is 0 Å². The van der Waals surface area contributed by atoms with Gasteiger partial charge in [-0.05, 0) is 0 Å². The van der Waals surface area contributed by atoms with E-state index in [-0.39, 0.29) is 0 Å². The van der Waals surface area contributed by atoms with E-state index in [9.17, 15) is 14.2 Å². The summed E-state index contributed by atoms with van der Waals surface area (Å²) in [6, 6.07) is 0. The Hall–Kier alpha value is -1.04. The fraction of sp³-hybridized carbons (Fsp3) is 0.400. The van der Waals surface area contributed by atoms with Crippen LogP contribution in [0.25, 0.3) is 0 Å². The molecule has 7 nitrogen and oxygen atoms in total. The van der Waals surface area contributed by atoms with Gasteiger partial charge in [-0.2, -0.15) is 0 Å². The molecule has 0 saturated heterocycles. The van der Waals surface area contributed by atoms with E-state index in [1.165, 1.54) is 0 Å². The number of carbonyl (C=O) groups is 2. The summed E-state index contributed by atoms with van der Waals surface area (Å²) in [6.07, 6.45) is -0.992. The lowest BCUT2D eigenvalue weighted by atomic mass is 10.3. The summed E-state index contributed by atoms with van der Waals surface area (Å²) in [5.41, 5.74) is -0.858. The lowest BCUT2D eigenvalue weighted by molar-refractivity contribution is -0.130. The zero-order valence-electron chi connectivity index (χ0n) is 6.67. The molecule has 0 aliphatic rings. The SMILES string of the molecule is CC(=O)/C(=N/CP(=O)(O)O)C(=O)O. The lowest BCUT2D eigenvalue weighted by Crippen LogP contribution is -2.21. The van der Waals surface area contributed by atoms with Gasteiger partial charge in [-0.3, -0.25) is 14.4 Å². The van der Waals surface area contributed by atoms with Gasteiger partial charge in [-0.1, -0.05) is 0 Å². The number of carbonyl (C=O) groups excluding carboxylic acids is 1. The van der Waals surface area contributed by atoms with Crippen LogP contribution in [0.15, 0.2) is 4.99 Å². The molecule has 0 saturated carbocycles. The summed E-state index contributed by atoms with van der Waals surface area (Å²) in [4.78, 5) is 40.4. The summed E-state index contributed by atoms with van der Waals surface area (Å²) >= 11 is 0. The Labute approximate surface area is 73.3 Å². The molecule has 0 radical (unpaired) electrons. The quantitative estimate of drug-likeness (QED) is 0.317. The smallest absolute Gasteiger partial charge is 0.357 e. The Balaban J connectivity index is 4.67. The Morgan fingerprint density at radius 3 is 2.08 bits per heavy atom. The number of hydrogen-bond acceptors (Lipinski definition) is 4. The van der Waals surface area contributed by atoms with Crippen molar-refractivity contribution in [2.24, 2.45) is 4.99 Å². The van der Waals surface area contributed by atoms with Crippen LogP contribution >= 0.6 is 7.60 Å². The molecular weight excluding hydrogens is 201 g/mol. The summed E-state index contributed by atoms with van der Waals surface area (Å²) in [6.45, 7) is 0.951. The highest BCUT2D eigenvalue weighted by Crippen LogP contribution is 2.33. The molecule has 0 rings (SSSR count). The molecule has 3 N–H and O–H groups in total.